The van der Waals surface area contributed by atoms with Crippen LogP contribution in [0.3, 0.4) is 0 Å². The number of rotatable bonds is 7. The van der Waals surface area contributed by atoms with Crippen LogP contribution in [0.2, 0.25) is 0 Å². The zero-order valence-electron chi connectivity index (χ0n) is 8.82. The van der Waals surface area contributed by atoms with E-state index in [1.165, 1.54) is 0 Å². The number of aromatic nitrogens is 1. The molecule has 4 heteroatoms. The predicted molar refractivity (Wildman–Crippen MR) is 53.9 cm³/mol. The lowest BCUT2D eigenvalue weighted by atomic mass is 10.3. The summed E-state index contributed by atoms with van der Waals surface area (Å²) in [6, 6.07) is 0.549. The van der Waals surface area contributed by atoms with Crippen molar-refractivity contribution in [3.63, 3.8) is 0 Å². The van der Waals surface area contributed by atoms with E-state index in [9.17, 15) is 0 Å². The lowest BCUT2D eigenvalue weighted by Gasteiger charge is -2.07. The zero-order valence-corrected chi connectivity index (χ0v) is 8.82. The van der Waals surface area contributed by atoms with Crippen LogP contribution < -0.4 is 5.32 Å². The van der Waals surface area contributed by atoms with Gasteiger partial charge in [0.1, 0.15) is 6.26 Å². The van der Waals surface area contributed by atoms with Gasteiger partial charge in [0.2, 0.25) is 0 Å². The van der Waals surface area contributed by atoms with Crippen molar-refractivity contribution < 1.29 is 9.26 Å². The highest BCUT2D eigenvalue weighted by molar-refractivity contribution is 4.97. The molecule has 0 atom stereocenters. The summed E-state index contributed by atoms with van der Waals surface area (Å²) in [5.41, 5.74) is 0.988. The maximum absolute atomic E-state index is 5.42. The van der Waals surface area contributed by atoms with Gasteiger partial charge in [0.05, 0.1) is 12.8 Å². The topological polar surface area (TPSA) is 47.3 Å². The Bertz CT molecular complexity index is 222. The van der Waals surface area contributed by atoms with E-state index in [1.807, 2.05) is 0 Å². The number of ether oxygens (including phenoxy) is 1. The molecule has 0 amide bonds. The number of hydrogen-bond acceptors (Lipinski definition) is 4. The summed E-state index contributed by atoms with van der Waals surface area (Å²) in [5, 5.41) is 6.92. The van der Waals surface area contributed by atoms with Gasteiger partial charge in [0.25, 0.3) is 0 Å². The Labute approximate surface area is 84.6 Å². The van der Waals surface area contributed by atoms with Gasteiger partial charge in [-0.05, 0) is 13.0 Å². The molecule has 0 aromatic carbocycles. The van der Waals surface area contributed by atoms with Crippen molar-refractivity contribution in [2.75, 3.05) is 13.2 Å². The van der Waals surface area contributed by atoms with E-state index in [1.54, 1.807) is 12.5 Å². The smallest absolute Gasteiger partial charge is 0.129 e. The van der Waals surface area contributed by atoms with E-state index >= 15 is 0 Å². The minimum atomic E-state index is 0.549. The van der Waals surface area contributed by atoms with Gasteiger partial charge >= 0.3 is 0 Å². The van der Waals surface area contributed by atoms with Crippen LogP contribution in [0.25, 0.3) is 0 Å². The molecule has 80 valence electrons. The average Bonchev–Trinajstić information content (AvgIpc) is 2.63. The molecule has 1 heterocycles. The lowest BCUT2D eigenvalue weighted by Crippen LogP contribution is -2.24. The summed E-state index contributed by atoms with van der Waals surface area (Å²) in [7, 11) is 0. The molecule has 0 saturated carbocycles. The van der Waals surface area contributed by atoms with Crippen LogP contribution in [0.1, 0.15) is 25.8 Å². The van der Waals surface area contributed by atoms with Crippen LogP contribution in [0.15, 0.2) is 17.0 Å². The van der Waals surface area contributed by atoms with Crippen LogP contribution in [0.5, 0.6) is 0 Å². The van der Waals surface area contributed by atoms with Crippen LogP contribution >= 0.6 is 0 Å². The van der Waals surface area contributed by atoms with Crippen molar-refractivity contribution >= 4 is 0 Å². The molecule has 0 radical (unpaired) electrons. The summed E-state index contributed by atoms with van der Waals surface area (Å²) in [6.45, 7) is 6.63. The van der Waals surface area contributed by atoms with Crippen LogP contribution in [-0.4, -0.2) is 24.4 Å². The molecule has 1 N–H and O–H groups in total. The van der Waals surface area contributed by atoms with Crippen molar-refractivity contribution in [2.45, 2.75) is 32.9 Å². The second-order valence-corrected chi connectivity index (χ2v) is 3.55. The molecule has 0 aliphatic heterocycles. The van der Waals surface area contributed by atoms with E-state index in [-0.39, 0.29) is 0 Å². The monoisotopic (exact) mass is 198 g/mol. The Hall–Kier alpha value is -0.870. The standard InChI is InChI=1S/C10H18N2O2/c1-9(2)11-4-3-5-13-7-10-6-12-14-8-10/h6,8-9,11H,3-5,7H2,1-2H3. The molecule has 0 spiro atoms. The molecule has 4 nitrogen and oxygen atoms in total. The Morgan fingerprint density at radius 1 is 1.57 bits per heavy atom. The fourth-order valence-corrected chi connectivity index (χ4v) is 1.05. The minimum absolute atomic E-state index is 0.549. The highest BCUT2D eigenvalue weighted by atomic mass is 16.5. The van der Waals surface area contributed by atoms with E-state index in [4.69, 9.17) is 4.74 Å². The van der Waals surface area contributed by atoms with Crippen molar-refractivity contribution in [2.24, 2.45) is 0 Å². The highest BCUT2D eigenvalue weighted by Crippen LogP contribution is 1.98. The second kappa shape index (κ2) is 6.56. The Morgan fingerprint density at radius 2 is 2.43 bits per heavy atom. The Balaban J connectivity index is 1.90. The summed E-state index contributed by atoms with van der Waals surface area (Å²) >= 11 is 0. The summed E-state index contributed by atoms with van der Waals surface area (Å²) in [5.74, 6) is 0. The minimum Gasteiger partial charge on any atom is -0.377 e. The second-order valence-electron chi connectivity index (χ2n) is 3.55. The van der Waals surface area contributed by atoms with Crippen molar-refractivity contribution in [1.82, 2.24) is 10.5 Å². The van der Waals surface area contributed by atoms with Crippen LogP contribution in [0.4, 0.5) is 0 Å². The molecule has 0 fully saturated rings. The van der Waals surface area contributed by atoms with E-state index < -0.39 is 0 Å². The molecule has 1 aromatic heterocycles. The number of nitrogens with zero attached hydrogens (tertiary/aromatic N) is 1. The quantitative estimate of drug-likeness (QED) is 0.676. The first-order chi connectivity index (χ1) is 6.79. The van der Waals surface area contributed by atoms with Crippen LogP contribution in [0, 0.1) is 0 Å². The highest BCUT2D eigenvalue weighted by Gasteiger charge is 1.95. The van der Waals surface area contributed by atoms with Crippen LogP contribution in [-0.2, 0) is 11.3 Å². The maximum Gasteiger partial charge on any atom is 0.129 e. The SMILES string of the molecule is CC(C)NCCCOCc1cnoc1. The molecule has 14 heavy (non-hydrogen) atoms. The molecule has 0 aliphatic rings. The number of nitrogens with one attached hydrogen (secondary N) is 1. The van der Waals surface area contributed by atoms with Gasteiger partial charge in [-0.15, -0.1) is 0 Å². The molecular weight excluding hydrogens is 180 g/mol. The summed E-state index contributed by atoms with van der Waals surface area (Å²) in [6.07, 6.45) is 4.31. The van der Waals surface area contributed by atoms with E-state index in [2.05, 4.69) is 28.8 Å². The molecule has 0 bridgehead atoms. The third-order valence-corrected chi connectivity index (χ3v) is 1.77. The zero-order chi connectivity index (χ0) is 10.2. The average molecular weight is 198 g/mol. The van der Waals surface area contributed by atoms with Gasteiger partial charge in [-0.1, -0.05) is 19.0 Å². The first-order valence-corrected chi connectivity index (χ1v) is 4.98. The first kappa shape index (κ1) is 11.2. The van der Waals surface area contributed by atoms with Gasteiger partial charge in [0.15, 0.2) is 0 Å². The lowest BCUT2D eigenvalue weighted by molar-refractivity contribution is 0.117. The molecule has 0 unspecified atom stereocenters. The van der Waals surface area contributed by atoms with Gasteiger partial charge < -0.3 is 14.6 Å². The van der Waals surface area contributed by atoms with Gasteiger partial charge in [-0.25, -0.2) is 0 Å². The fraction of sp³-hybridized carbons (Fsp3) is 0.700. The first-order valence-electron chi connectivity index (χ1n) is 4.98. The molecular formula is C10H18N2O2. The Kier molecular flexibility index (Phi) is 5.25. The fourth-order valence-electron chi connectivity index (χ4n) is 1.05. The molecule has 0 aliphatic carbocycles. The largest absolute Gasteiger partial charge is 0.377 e. The third kappa shape index (κ3) is 4.99. The molecule has 0 saturated heterocycles. The van der Waals surface area contributed by atoms with E-state index in [0.717, 1.165) is 25.1 Å². The normalized spacial score (nSPS) is 11.1. The number of hydrogen-bond donors (Lipinski definition) is 1. The van der Waals surface area contributed by atoms with Crippen molar-refractivity contribution in [3.8, 4) is 0 Å². The van der Waals surface area contributed by atoms with E-state index in [0.29, 0.717) is 12.6 Å². The summed E-state index contributed by atoms with van der Waals surface area (Å²) in [4.78, 5) is 0. The Morgan fingerprint density at radius 3 is 3.07 bits per heavy atom. The molecule has 1 aromatic rings. The summed E-state index contributed by atoms with van der Waals surface area (Å²) < 4.78 is 10.1. The van der Waals surface area contributed by atoms with Gasteiger partial charge in [0, 0.05) is 18.2 Å². The maximum atomic E-state index is 5.42. The third-order valence-electron chi connectivity index (χ3n) is 1.77. The molecule has 1 rings (SSSR count). The van der Waals surface area contributed by atoms with Crippen molar-refractivity contribution in [3.05, 3.63) is 18.0 Å². The predicted octanol–water partition coefficient (Wildman–Crippen LogP) is 1.58. The van der Waals surface area contributed by atoms with Gasteiger partial charge in [-0.2, -0.15) is 0 Å². The van der Waals surface area contributed by atoms with Gasteiger partial charge in [-0.3, -0.25) is 0 Å². The van der Waals surface area contributed by atoms with Crippen molar-refractivity contribution in [1.29, 1.82) is 0 Å².